The van der Waals surface area contributed by atoms with Crippen LogP contribution in [0.3, 0.4) is 0 Å². The Morgan fingerprint density at radius 3 is 2.10 bits per heavy atom. The maximum atomic E-state index is 5.32. The molecule has 0 aromatic heterocycles. The van der Waals surface area contributed by atoms with E-state index < -0.39 is 0 Å². The van der Waals surface area contributed by atoms with Crippen molar-refractivity contribution in [3.63, 3.8) is 0 Å². The van der Waals surface area contributed by atoms with Crippen LogP contribution in [0.1, 0.15) is 77.6 Å². The third-order valence-corrected chi connectivity index (χ3v) is 5.91. The first-order valence-electron chi connectivity index (χ1n) is 9.49. The third kappa shape index (κ3) is 5.77. The summed E-state index contributed by atoms with van der Waals surface area (Å²) < 4.78 is 5.32. The summed E-state index contributed by atoms with van der Waals surface area (Å²) in [6, 6.07) is 0. The minimum Gasteiger partial charge on any atom is -0.384 e. The van der Waals surface area contributed by atoms with E-state index in [-0.39, 0.29) is 0 Å². The first-order chi connectivity index (χ1) is 10.3. The summed E-state index contributed by atoms with van der Waals surface area (Å²) in [5.74, 6) is 3.81. The molecule has 0 saturated heterocycles. The highest BCUT2D eigenvalue weighted by Gasteiger charge is 2.30. The van der Waals surface area contributed by atoms with Gasteiger partial charge in [-0.15, -0.1) is 0 Å². The Hall–Kier alpha value is -0.300. The number of ether oxygens (including phenoxy) is 1. The van der Waals surface area contributed by atoms with Crippen LogP contribution < -0.4 is 0 Å². The average Bonchev–Trinajstić information content (AvgIpc) is 2.53. The van der Waals surface area contributed by atoms with E-state index in [1.807, 2.05) is 7.11 Å². The van der Waals surface area contributed by atoms with Crippen LogP contribution >= 0.6 is 0 Å². The van der Waals surface area contributed by atoms with Crippen LogP contribution in [0.15, 0.2) is 12.2 Å². The molecular weight excluding hydrogens is 256 g/mol. The van der Waals surface area contributed by atoms with Gasteiger partial charge in [0, 0.05) is 13.7 Å². The largest absolute Gasteiger partial charge is 0.384 e. The molecule has 2 aliphatic carbocycles. The molecule has 0 spiro atoms. The number of hydrogen-bond donors (Lipinski definition) is 0. The van der Waals surface area contributed by atoms with Gasteiger partial charge in [-0.25, -0.2) is 0 Å². The Balaban J connectivity index is 1.64. The molecule has 1 nitrogen and oxygen atoms in total. The monoisotopic (exact) mass is 292 g/mol. The van der Waals surface area contributed by atoms with E-state index in [0.717, 1.165) is 30.3 Å². The predicted octanol–water partition coefficient (Wildman–Crippen LogP) is 5.99. The smallest absolute Gasteiger partial charge is 0.0490 e. The molecule has 0 N–H and O–H groups in total. The number of unbranched alkanes of at least 4 members (excludes halogenated alkanes) is 2. The topological polar surface area (TPSA) is 9.23 Å². The minimum absolute atomic E-state index is 0.851. The molecule has 0 atom stereocenters. The van der Waals surface area contributed by atoms with Crippen molar-refractivity contribution in [3.05, 3.63) is 12.2 Å². The minimum atomic E-state index is 0.851. The molecule has 2 rings (SSSR count). The molecule has 2 saturated carbocycles. The van der Waals surface area contributed by atoms with E-state index in [4.69, 9.17) is 4.74 Å². The normalized spacial score (nSPS) is 34.4. The highest BCUT2D eigenvalue weighted by atomic mass is 16.5. The highest BCUT2D eigenvalue weighted by Crippen LogP contribution is 2.41. The second kappa shape index (κ2) is 9.66. The van der Waals surface area contributed by atoms with Crippen molar-refractivity contribution < 1.29 is 4.74 Å². The lowest BCUT2D eigenvalue weighted by atomic mass is 9.69. The van der Waals surface area contributed by atoms with Crippen molar-refractivity contribution in [2.24, 2.45) is 23.7 Å². The van der Waals surface area contributed by atoms with Crippen LogP contribution in [-0.2, 0) is 4.74 Å². The predicted molar refractivity (Wildman–Crippen MR) is 91.4 cm³/mol. The quantitative estimate of drug-likeness (QED) is 0.413. The van der Waals surface area contributed by atoms with Gasteiger partial charge in [0.15, 0.2) is 0 Å². The molecule has 0 unspecified atom stereocenters. The second-order valence-corrected chi connectivity index (χ2v) is 7.48. The van der Waals surface area contributed by atoms with Crippen molar-refractivity contribution in [1.82, 2.24) is 0 Å². The standard InChI is InChI=1S/C20H36O/c1-3-4-5-6-7-17-8-12-19(13-9-17)20-14-10-18(11-15-20)16-21-2/h6-7,17-20H,3-5,8-16H2,1-2H3/b7-6+/t17-,18?,19-,20?. The van der Waals surface area contributed by atoms with E-state index in [0.29, 0.717) is 0 Å². The van der Waals surface area contributed by atoms with Crippen LogP contribution in [0.25, 0.3) is 0 Å². The molecule has 0 radical (unpaired) electrons. The lowest BCUT2D eigenvalue weighted by Gasteiger charge is -2.37. The molecule has 0 bridgehead atoms. The summed E-state index contributed by atoms with van der Waals surface area (Å²) in [6.07, 6.45) is 20.6. The molecular formula is C20H36O. The van der Waals surface area contributed by atoms with Gasteiger partial charge >= 0.3 is 0 Å². The van der Waals surface area contributed by atoms with E-state index >= 15 is 0 Å². The zero-order valence-electron chi connectivity index (χ0n) is 14.4. The first kappa shape index (κ1) is 17.1. The molecule has 0 aliphatic heterocycles. The van der Waals surface area contributed by atoms with Gasteiger partial charge in [0.05, 0.1) is 0 Å². The van der Waals surface area contributed by atoms with E-state index in [1.54, 1.807) is 0 Å². The molecule has 2 fully saturated rings. The van der Waals surface area contributed by atoms with E-state index in [2.05, 4.69) is 19.1 Å². The number of hydrogen-bond acceptors (Lipinski definition) is 1. The molecule has 2 aliphatic rings. The Kier molecular flexibility index (Phi) is 7.85. The fourth-order valence-electron chi connectivity index (χ4n) is 4.48. The van der Waals surface area contributed by atoms with Gasteiger partial charge in [0.1, 0.15) is 0 Å². The summed E-state index contributed by atoms with van der Waals surface area (Å²) >= 11 is 0. The second-order valence-electron chi connectivity index (χ2n) is 7.48. The summed E-state index contributed by atoms with van der Waals surface area (Å²) in [5.41, 5.74) is 0. The van der Waals surface area contributed by atoms with Gasteiger partial charge in [-0.3, -0.25) is 0 Å². The number of allylic oxidation sites excluding steroid dienone is 2. The molecule has 0 amide bonds. The van der Waals surface area contributed by atoms with Crippen LogP contribution in [0.5, 0.6) is 0 Å². The SMILES string of the molecule is CCCC/C=C/[C@H]1CC[C@H](C2CCC(COC)CC2)CC1. The van der Waals surface area contributed by atoms with Crippen LogP contribution in [0.2, 0.25) is 0 Å². The van der Waals surface area contributed by atoms with Gasteiger partial charge in [-0.05, 0) is 81.5 Å². The first-order valence-corrected chi connectivity index (χ1v) is 9.49. The van der Waals surface area contributed by atoms with Gasteiger partial charge < -0.3 is 4.74 Å². The summed E-state index contributed by atoms with van der Waals surface area (Å²) in [5, 5.41) is 0. The average molecular weight is 293 g/mol. The van der Waals surface area contributed by atoms with E-state index in [1.165, 1.54) is 70.6 Å². The van der Waals surface area contributed by atoms with Crippen molar-refractivity contribution in [2.75, 3.05) is 13.7 Å². The van der Waals surface area contributed by atoms with Crippen molar-refractivity contribution in [2.45, 2.75) is 77.6 Å². The molecule has 21 heavy (non-hydrogen) atoms. The molecule has 122 valence electrons. The fourth-order valence-corrected chi connectivity index (χ4v) is 4.48. The van der Waals surface area contributed by atoms with Crippen LogP contribution in [0.4, 0.5) is 0 Å². The maximum absolute atomic E-state index is 5.32. The van der Waals surface area contributed by atoms with Crippen molar-refractivity contribution >= 4 is 0 Å². The molecule has 0 aromatic carbocycles. The molecule has 0 aromatic rings. The van der Waals surface area contributed by atoms with Gasteiger partial charge in [0.2, 0.25) is 0 Å². The summed E-state index contributed by atoms with van der Waals surface area (Å²) in [4.78, 5) is 0. The maximum Gasteiger partial charge on any atom is 0.0490 e. The Labute approximate surface area is 132 Å². The highest BCUT2D eigenvalue weighted by molar-refractivity contribution is 4.92. The van der Waals surface area contributed by atoms with Crippen LogP contribution in [-0.4, -0.2) is 13.7 Å². The molecule has 0 heterocycles. The lowest BCUT2D eigenvalue weighted by Crippen LogP contribution is -2.26. The Bertz CT molecular complexity index is 280. The summed E-state index contributed by atoms with van der Waals surface area (Å²) in [7, 11) is 1.85. The zero-order valence-corrected chi connectivity index (χ0v) is 14.4. The third-order valence-electron chi connectivity index (χ3n) is 5.91. The van der Waals surface area contributed by atoms with Crippen LogP contribution in [0, 0.1) is 23.7 Å². The lowest BCUT2D eigenvalue weighted by molar-refractivity contribution is 0.0957. The van der Waals surface area contributed by atoms with Gasteiger partial charge in [-0.2, -0.15) is 0 Å². The zero-order chi connectivity index (χ0) is 14.9. The van der Waals surface area contributed by atoms with Gasteiger partial charge in [0.25, 0.3) is 0 Å². The Morgan fingerprint density at radius 1 is 0.905 bits per heavy atom. The van der Waals surface area contributed by atoms with E-state index in [9.17, 15) is 0 Å². The van der Waals surface area contributed by atoms with Crippen molar-refractivity contribution in [1.29, 1.82) is 0 Å². The van der Waals surface area contributed by atoms with Crippen molar-refractivity contribution in [3.8, 4) is 0 Å². The number of rotatable bonds is 7. The molecule has 1 heteroatoms. The summed E-state index contributed by atoms with van der Waals surface area (Å²) in [6.45, 7) is 3.27. The Morgan fingerprint density at radius 2 is 1.52 bits per heavy atom. The van der Waals surface area contributed by atoms with Gasteiger partial charge in [-0.1, -0.05) is 31.9 Å². The number of methoxy groups -OCH3 is 1. The fraction of sp³-hybridized carbons (Fsp3) is 0.900.